The molecule has 0 aromatic heterocycles. The summed E-state index contributed by atoms with van der Waals surface area (Å²) >= 11 is 0. The zero-order chi connectivity index (χ0) is 14.6. The van der Waals surface area contributed by atoms with Crippen molar-refractivity contribution in [1.29, 1.82) is 0 Å². The average Bonchev–Trinajstić information content (AvgIpc) is 2.63. The Bertz CT molecular complexity index is 397. The van der Waals surface area contributed by atoms with Crippen LogP contribution in [0.1, 0.15) is 45.4 Å². The van der Waals surface area contributed by atoms with Crippen LogP contribution in [0.2, 0.25) is 0 Å². The first-order valence-corrected chi connectivity index (χ1v) is 10.0. The number of piperidine rings is 1. The monoisotopic (exact) mass is 302 g/mol. The van der Waals surface area contributed by atoms with E-state index in [1.165, 1.54) is 51.4 Å². The molecule has 0 radical (unpaired) electrons. The van der Waals surface area contributed by atoms with Gasteiger partial charge in [-0.15, -0.1) is 0 Å². The molecule has 0 spiro atoms. The van der Waals surface area contributed by atoms with Gasteiger partial charge in [0.2, 0.25) is 10.0 Å². The zero-order valence-corrected chi connectivity index (χ0v) is 13.9. The van der Waals surface area contributed by atoms with E-state index in [9.17, 15) is 8.42 Å². The highest BCUT2D eigenvalue weighted by molar-refractivity contribution is 7.88. The summed E-state index contributed by atoms with van der Waals surface area (Å²) < 4.78 is 25.0. The lowest BCUT2D eigenvalue weighted by atomic mass is 9.98. The molecule has 4 nitrogen and oxygen atoms in total. The van der Waals surface area contributed by atoms with Crippen molar-refractivity contribution in [3.8, 4) is 0 Å². The second-order valence-corrected chi connectivity index (χ2v) is 8.62. The molecule has 2 atom stereocenters. The van der Waals surface area contributed by atoms with Gasteiger partial charge < -0.3 is 4.90 Å². The lowest BCUT2D eigenvalue weighted by molar-refractivity contribution is 0.181. The number of likely N-dealkylation sites (tertiary alicyclic amines) is 1. The van der Waals surface area contributed by atoms with Gasteiger partial charge in [-0.05, 0) is 57.0 Å². The molecular formula is C15H30N2O2S. The molecule has 0 aliphatic carbocycles. The van der Waals surface area contributed by atoms with Crippen LogP contribution in [-0.4, -0.2) is 56.6 Å². The lowest BCUT2D eigenvalue weighted by Gasteiger charge is -2.34. The smallest absolute Gasteiger partial charge is 0.211 e. The molecule has 0 amide bonds. The molecule has 5 heteroatoms. The van der Waals surface area contributed by atoms with E-state index in [1.54, 1.807) is 4.31 Å². The summed E-state index contributed by atoms with van der Waals surface area (Å²) in [6.45, 7) is 7.23. The Kier molecular flexibility index (Phi) is 5.87. The SMILES string of the molecule is CCC1CCCN(CC2CCCN(S(C)(=O)=O)C2)CC1. The third-order valence-corrected chi connectivity index (χ3v) is 6.25. The minimum atomic E-state index is -3.00. The number of hydrogen-bond acceptors (Lipinski definition) is 3. The van der Waals surface area contributed by atoms with Crippen molar-refractivity contribution < 1.29 is 8.42 Å². The normalized spacial score (nSPS) is 31.1. The molecule has 0 N–H and O–H groups in total. The van der Waals surface area contributed by atoms with Gasteiger partial charge in [0.25, 0.3) is 0 Å². The van der Waals surface area contributed by atoms with Crippen molar-refractivity contribution in [2.24, 2.45) is 11.8 Å². The second-order valence-electron chi connectivity index (χ2n) is 6.64. The van der Waals surface area contributed by atoms with Crippen LogP contribution in [0.4, 0.5) is 0 Å². The molecule has 2 rings (SSSR count). The molecule has 2 saturated heterocycles. The highest BCUT2D eigenvalue weighted by Crippen LogP contribution is 2.24. The summed E-state index contributed by atoms with van der Waals surface area (Å²) in [4.78, 5) is 2.58. The van der Waals surface area contributed by atoms with Crippen molar-refractivity contribution in [3.63, 3.8) is 0 Å². The fraction of sp³-hybridized carbons (Fsp3) is 1.00. The molecule has 0 bridgehead atoms. The van der Waals surface area contributed by atoms with Crippen molar-refractivity contribution >= 4 is 10.0 Å². The van der Waals surface area contributed by atoms with Crippen LogP contribution in [0, 0.1) is 11.8 Å². The number of sulfonamides is 1. The zero-order valence-electron chi connectivity index (χ0n) is 13.1. The number of hydrogen-bond donors (Lipinski definition) is 0. The third kappa shape index (κ3) is 4.71. The van der Waals surface area contributed by atoms with Gasteiger partial charge in [-0.25, -0.2) is 12.7 Å². The highest BCUT2D eigenvalue weighted by Gasteiger charge is 2.27. The van der Waals surface area contributed by atoms with Crippen LogP contribution < -0.4 is 0 Å². The average molecular weight is 302 g/mol. The van der Waals surface area contributed by atoms with Gasteiger partial charge in [0.1, 0.15) is 0 Å². The van der Waals surface area contributed by atoms with Crippen LogP contribution in [0.3, 0.4) is 0 Å². The Labute approximate surface area is 124 Å². The molecule has 0 saturated carbocycles. The maximum Gasteiger partial charge on any atom is 0.211 e. The Balaban J connectivity index is 1.83. The maximum absolute atomic E-state index is 11.7. The number of nitrogens with zero attached hydrogens (tertiary/aromatic N) is 2. The molecule has 20 heavy (non-hydrogen) atoms. The van der Waals surface area contributed by atoms with Gasteiger partial charge >= 0.3 is 0 Å². The van der Waals surface area contributed by atoms with Crippen molar-refractivity contribution in [2.45, 2.75) is 45.4 Å². The Morgan fingerprint density at radius 2 is 1.70 bits per heavy atom. The predicted molar refractivity (Wildman–Crippen MR) is 83.2 cm³/mol. The van der Waals surface area contributed by atoms with Gasteiger partial charge in [0, 0.05) is 19.6 Å². The van der Waals surface area contributed by atoms with Gasteiger partial charge in [-0.3, -0.25) is 0 Å². The van der Waals surface area contributed by atoms with E-state index in [1.807, 2.05) is 0 Å². The quantitative estimate of drug-likeness (QED) is 0.799. The van der Waals surface area contributed by atoms with Crippen molar-refractivity contribution in [1.82, 2.24) is 9.21 Å². The number of rotatable bonds is 4. The summed E-state index contributed by atoms with van der Waals surface area (Å²) in [5.74, 6) is 1.43. The molecule has 2 aliphatic rings. The maximum atomic E-state index is 11.7. The molecule has 0 aromatic rings. The minimum Gasteiger partial charge on any atom is -0.303 e. The molecular weight excluding hydrogens is 272 g/mol. The molecule has 2 aliphatic heterocycles. The summed E-state index contributed by atoms with van der Waals surface area (Å²) in [6.07, 6.45) is 8.84. The topological polar surface area (TPSA) is 40.6 Å². The van der Waals surface area contributed by atoms with E-state index in [4.69, 9.17) is 0 Å². The molecule has 0 aromatic carbocycles. The lowest BCUT2D eigenvalue weighted by Crippen LogP contribution is -2.43. The first kappa shape index (κ1) is 16.2. The first-order valence-electron chi connectivity index (χ1n) is 8.16. The van der Waals surface area contributed by atoms with E-state index in [-0.39, 0.29) is 0 Å². The Hall–Kier alpha value is -0.130. The van der Waals surface area contributed by atoms with Crippen LogP contribution in [0.15, 0.2) is 0 Å². The summed E-state index contributed by atoms with van der Waals surface area (Å²) in [6, 6.07) is 0. The fourth-order valence-corrected chi connectivity index (χ4v) is 4.60. The minimum absolute atomic E-state index is 0.525. The third-order valence-electron chi connectivity index (χ3n) is 4.98. The summed E-state index contributed by atoms with van der Waals surface area (Å²) in [5.41, 5.74) is 0. The van der Waals surface area contributed by atoms with Crippen LogP contribution in [-0.2, 0) is 10.0 Å². The standard InChI is InChI=1S/C15H30N2O2S/c1-3-14-6-4-9-16(11-8-14)12-15-7-5-10-17(13-15)20(2,18)19/h14-15H,3-13H2,1-2H3. The van der Waals surface area contributed by atoms with E-state index in [0.717, 1.165) is 25.4 Å². The van der Waals surface area contributed by atoms with Crippen molar-refractivity contribution in [2.75, 3.05) is 39.0 Å². The van der Waals surface area contributed by atoms with E-state index >= 15 is 0 Å². The molecule has 2 heterocycles. The van der Waals surface area contributed by atoms with Gasteiger partial charge in [0.05, 0.1) is 6.26 Å². The first-order chi connectivity index (χ1) is 9.49. The van der Waals surface area contributed by atoms with E-state index < -0.39 is 10.0 Å². The predicted octanol–water partition coefficient (Wildman–Crippen LogP) is 2.17. The molecule has 118 valence electrons. The molecule has 2 unspecified atom stereocenters. The van der Waals surface area contributed by atoms with Gasteiger partial charge in [-0.2, -0.15) is 0 Å². The summed E-state index contributed by atoms with van der Waals surface area (Å²) in [7, 11) is -3.00. The Morgan fingerprint density at radius 3 is 2.40 bits per heavy atom. The van der Waals surface area contributed by atoms with E-state index in [0.29, 0.717) is 12.5 Å². The fourth-order valence-electron chi connectivity index (χ4n) is 3.66. The second kappa shape index (κ2) is 7.23. The van der Waals surface area contributed by atoms with Crippen LogP contribution in [0.5, 0.6) is 0 Å². The van der Waals surface area contributed by atoms with Gasteiger partial charge in [0.15, 0.2) is 0 Å². The molecule has 2 fully saturated rings. The largest absolute Gasteiger partial charge is 0.303 e. The van der Waals surface area contributed by atoms with Gasteiger partial charge in [-0.1, -0.05) is 13.3 Å². The van der Waals surface area contributed by atoms with Crippen LogP contribution in [0.25, 0.3) is 0 Å². The Morgan fingerprint density at radius 1 is 1.00 bits per heavy atom. The van der Waals surface area contributed by atoms with Crippen molar-refractivity contribution in [3.05, 3.63) is 0 Å². The highest BCUT2D eigenvalue weighted by atomic mass is 32.2. The van der Waals surface area contributed by atoms with E-state index in [2.05, 4.69) is 11.8 Å². The summed E-state index contributed by atoms with van der Waals surface area (Å²) in [5, 5.41) is 0. The van der Waals surface area contributed by atoms with Crippen LogP contribution >= 0.6 is 0 Å².